The van der Waals surface area contributed by atoms with Crippen molar-refractivity contribution in [3.63, 3.8) is 0 Å². The number of carbonyl (C=O) groups is 1. The monoisotopic (exact) mass is 356 g/mol. The predicted octanol–water partition coefficient (Wildman–Crippen LogP) is 0.384. The van der Waals surface area contributed by atoms with E-state index in [1.54, 1.807) is 13.1 Å². The molecule has 0 fully saturated rings. The summed E-state index contributed by atoms with van der Waals surface area (Å²) in [4.78, 5) is 23.9. The molecule has 3 heterocycles. The molecule has 0 atom stereocenters. The molecule has 0 aliphatic carbocycles. The number of ether oxygens (including phenoxy) is 1. The van der Waals surface area contributed by atoms with Crippen molar-refractivity contribution < 1.29 is 19.3 Å². The van der Waals surface area contributed by atoms with Crippen molar-refractivity contribution in [3.8, 4) is 5.88 Å². The van der Waals surface area contributed by atoms with Crippen LogP contribution in [0.5, 0.6) is 5.88 Å². The summed E-state index contributed by atoms with van der Waals surface area (Å²) in [5.74, 6) is -0.934. The number of aromatic carboxylic acids is 1. The lowest BCUT2D eigenvalue weighted by atomic mass is 9.98. The van der Waals surface area contributed by atoms with E-state index in [2.05, 4.69) is 20.3 Å². The molecule has 2 aromatic rings. The highest BCUT2D eigenvalue weighted by Crippen LogP contribution is 2.16. The fraction of sp³-hybridized carbons (Fsp3) is 0.429. The number of carboxylic acid groups (broad SMARTS) is 1. The highest BCUT2D eigenvalue weighted by molar-refractivity contribution is 5.89. The van der Waals surface area contributed by atoms with Crippen LogP contribution in [0, 0.1) is 6.92 Å². The van der Waals surface area contributed by atoms with Gasteiger partial charge in [0.2, 0.25) is 0 Å². The van der Waals surface area contributed by atoms with Crippen LogP contribution >= 0.6 is 12.4 Å². The Kier molecular flexibility index (Phi) is 5.58. The first kappa shape index (κ1) is 18.0. The molecule has 3 rings (SSSR count). The van der Waals surface area contributed by atoms with Crippen LogP contribution < -0.4 is 15.6 Å². The zero-order chi connectivity index (χ0) is 16.4. The Morgan fingerprint density at radius 3 is 2.96 bits per heavy atom. The number of aromatic nitrogens is 3. The lowest BCUT2D eigenvalue weighted by Crippen LogP contribution is -2.35. The number of hydrogen-bond donors (Lipinski definition) is 2. The summed E-state index contributed by atoms with van der Waals surface area (Å²) < 4.78 is 11.3. The second-order valence-corrected chi connectivity index (χ2v) is 5.24. The van der Waals surface area contributed by atoms with Gasteiger partial charge in [-0.3, -0.25) is 4.79 Å². The molecule has 9 nitrogen and oxygen atoms in total. The molecule has 24 heavy (non-hydrogen) atoms. The van der Waals surface area contributed by atoms with Gasteiger partial charge in [0.1, 0.15) is 17.9 Å². The lowest BCUT2D eigenvalue weighted by Gasteiger charge is -2.20. The van der Waals surface area contributed by atoms with Gasteiger partial charge >= 0.3 is 5.97 Å². The molecule has 0 bridgehead atoms. The number of hydrogen-bond acceptors (Lipinski definition) is 7. The normalized spacial score (nSPS) is 13.0. The molecule has 10 heteroatoms. The fourth-order valence-corrected chi connectivity index (χ4v) is 2.61. The first-order chi connectivity index (χ1) is 11.1. The number of nitrogens with zero attached hydrogens (tertiary/aromatic N) is 3. The maximum atomic E-state index is 12.4. The molecular formula is C14H17ClN4O5. The molecule has 0 spiro atoms. The fourth-order valence-electron chi connectivity index (χ4n) is 2.61. The van der Waals surface area contributed by atoms with Crippen LogP contribution in [0.1, 0.15) is 27.2 Å². The molecule has 1 aliphatic heterocycles. The van der Waals surface area contributed by atoms with Gasteiger partial charge < -0.3 is 19.7 Å². The molecule has 0 radical (unpaired) electrons. The van der Waals surface area contributed by atoms with Gasteiger partial charge in [-0.2, -0.15) is 0 Å². The van der Waals surface area contributed by atoms with Crippen LogP contribution in [0.25, 0.3) is 0 Å². The Labute approximate surface area is 143 Å². The Bertz CT molecular complexity index is 801. The number of pyridine rings is 1. The Morgan fingerprint density at radius 1 is 1.50 bits per heavy atom. The van der Waals surface area contributed by atoms with Crippen LogP contribution in [0.4, 0.5) is 0 Å². The van der Waals surface area contributed by atoms with Gasteiger partial charge in [-0.15, -0.1) is 12.4 Å². The summed E-state index contributed by atoms with van der Waals surface area (Å²) in [6, 6.07) is 0. The van der Waals surface area contributed by atoms with Gasteiger partial charge in [-0.1, -0.05) is 5.16 Å². The van der Waals surface area contributed by atoms with Crippen molar-refractivity contribution in [2.24, 2.45) is 0 Å². The second kappa shape index (κ2) is 7.45. The van der Waals surface area contributed by atoms with E-state index in [0.717, 1.165) is 5.56 Å². The van der Waals surface area contributed by atoms with E-state index in [9.17, 15) is 14.7 Å². The van der Waals surface area contributed by atoms with Crippen molar-refractivity contribution in [3.05, 3.63) is 38.9 Å². The SMILES string of the molecule is Cc1nonc1OCCn1cc2c(c(C(=O)O)c1=O)CCNC2.Cl. The van der Waals surface area contributed by atoms with Crippen molar-refractivity contribution in [2.45, 2.75) is 26.4 Å². The Hall–Kier alpha value is -2.39. The third-order valence-corrected chi connectivity index (χ3v) is 3.74. The van der Waals surface area contributed by atoms with E-state index in [4.69, 9.17) is 4.74 Å². The predicted molar refractivity (Wildman–Crippen MR) is 84.9 cm³/mol. The highest BCUT2D eigenvalue weighted by atomic mass is 35.5. The number of rotatable bonds is 5. The summed E-state index contributed by atoms with van der Waals surface area (Å²) in [7, 11) is 0. The quantitative estimate of drug-likeness (QED) is 0.789. The average Bonchev–Trinajstić information content (AvgIpc) is 2.93. The molecule has 0 unspecified atom stereocenters. The summed E-state index contributed by atoms with van der Waals surface area (Å²) >= 11 is 0. The number of carboxylic acids is 1. The smallest absolute Gasteiger partial charge is 0.341 e. The molecule has 130 valence electrons. The number of aryl methyl sites for hydroxylation is 1. The van der Waals surface area contributed by atoms with E-state index >= 15 is 0 Å². The van der Waals surface area contributed by atoms with Gasteiger partial charge in [0.15, 0.2) is 0 Å². The van der Waals surface area contributed by atoms with Gasteiger partial charge in [0.05, 0.1) is 6.54 Å². The van der Waals surface area contributed by atoms with Crippen LogP contribution in [-0.4, -0.2) is 39.1 Å². The van der Waals surface area contributed by atoms with Crippen molar-refractivity contribution in [1.82, 2.24) is 20.2 Å². The van der Waals surface area contributed by atoms with Crippen molar-refractivity contribution >= 4 is 18.4 Å². The molecule has 0 saturated carbocycles. The van der Waals surface area contributed by atoms with Crippen LogP contribution in [0.3, 0.4) is 0 Å². The average molecular weight is 357 g/mol. The van der Waals surface area contributed by atoms with Crippen molar-refractivity contribution in [1.29, 1.82) is 0 Å². The minimum absolute atomic E-state index is 0. The summed E-state index contributed by atoms with van der Waals surface area (Å²) in [5.41, 5.74) is 1.29. The summed E-state index contributed by atoms with van der Waals surface area (Å²) in [6.45, 7) is 3.26. The third-order valence-electron chi connectivity index (χ3n) is 3.74. The summed E-state index contributed by atoms with van der Waals surface area (Å²) in [5, 5.41) is 19.7. The minimum Gasteiger partial charge on any atom is -0.477 e. The number of nitrogens with one attached hydrogen (secondary N) is 1. The molecule has 2 aromatic heterocycles. The number of halogens is 1. The lowest BCUT2D eigenvalue weighted by molar-refractivity contribution is 0.0692. The van der Waals surface area contributed by atoms with E-state index in [-0.39, 0.29) is 37.0 Å². The number of fused-ring (bicyclic) bond motifs is 1. The van der Waals surface area contributed by atoms with E-state index in [0.29, 0.717) is 30.8 Å². The van der Waals surface area contributed by atoms with E-state index in [1.807, 2.05) is 0 Å². The third kappa shape index (κ3) is 3.41. The van der Waals surface area contributed by atoms with Crippen LogP contribution in [0.15, 0.2) is 15.6 Å². The zero-order valence-corrected chi connectivity index (χ0v) is 13.8. The Balaban J connectivity index is 0.00000208. The topological polar surface area (TPSA) is 119 Å². The van der Waals surface area contributed by atoms with Crippen LogP contribution in [0.2, 0.25) is 0 Å². The molecule has 0 saturated heterocycles. The van der Waals surface area contributed by atoms with Gasteiger partial charge in [-0.25, -0.2) is 9.42 Å². The van der Waals surface area contributed by atoms with Gasteiger partial charge in [0.25, 0.3) is 11.4 Å². The van der Waals surface area contributed by atoms with E-state index in [1.165, 1.54) is 4.57 Å². The second-order valence-electron chi connectivity index (χ2n) is 5.24. The van der Waals surface area contributed by atoms with Crippen molar-refractivity contribution in [2.75, 3.05) is 13.2 Å². The van der Waals surface area contributed by atoms with E-state index < -0.39 is 11.5 Å². The standard InChI is InChI=1S/C14H16N4O5.ClH/c1-8-12(17-23-16-8)22-5-4-18-7-9-6-15-3-2-10(9)11(13(18)19)14(20)21;/h7,15H,2-6H2,1H3,(H,20,21);1H. The first-order valence-electron chi connectivity index (χ1n) is 7.19. The summed E-state index contributed by atoms with van der Waals surface area (Å²) in [6.07, 6.45) is 2.22. The minimum atomic E-state index is -1.19. The molecule has 1 aliphatic rings. The van der Waals surface area contributed by atoms with Crippen LogP contribution in [-0.2, 0) is 19.5 Å². The Morgan fingerprint density at radius 2 is 2.29 bits per heavy atom. The zero-order valence-electron chi connectivity index (χ0n) is 12.9. The largest absolute Gasteiger partial charge is 0.477 e. The molecule has 0 amide bonds. The molecular weight excluding hydrogens is 340 g/mol. The first-order valence-corrected chi connectivity index (χ1v) is 7.19. The highest BCUT2D eigenvalue weighted by Gasteiger charge is 2.22. The maximum absolute atomic E-state index is 12.4. The molecule has 2 N–H and O–H groups in total. The maximum Gasteiger partial charge on any atom is 0.341 e. The van der Waals surface area contributed by atoms with Gasteiger partial charge in [0, 0.05) is 12.7 Å². The molecule has 0 aromatic carbocycles. The van der Waals surface area contributed by atoms with Gasteiger partial charge in [-0.05, 0) is 36.2 Å².